The largest absolute Gasteiger partial charge is 0.493 e. The molecule has 0 N–H and O–H groups in total. The minimum atomic E-state index is 0.676. The fourth-order valence-corrected chi connectivity index (χ4v) is 4.33. The van der Waals surface area contributed by atoms with E-state index in [1.54, 1.807) is 20.5 Å². The van der Waals surface area contributed by atoms with Crippen molar-refractivity contribution in [1.29, 1.82) is 0 Å². The van der Waals surface area contributed by atoms with Gasteiger partial charge in [-0.2, -0.15) is 0 Å². The Morgan fingerprint density at radius 1 is 0.964 bits per heavy atom. The Labute approximate surface area is 163 Å². The van der Waals surface area contributed by atoms with E-state index in [1.165, 1.54) is 22.2 Å². The predicted octanol–water partition coefficient (Wildman–Crippen LogP) is 3.70. The third-order valence-electron chi connectivity index (χ3n) is 5.73. The summed E-state index contributed by atoms with van der Waals surface area (Å²) in [4.78, 5) is 11.4. The van der Waals surface area contributed by atoms with Gasteiger partial charge in [-0.15, -0.1) is 0 Å². The highest BCUT2D eigenvalue weighted by Gasteiger charge is 2.25. The topological polar surface area (TPSA) is 52.4 Å². The van der Waals surface area contributed by atoms with E-state index in [9.17, 15) is 0 Å². The van der Waals surface area contributed by atoms with Gasteiger partial charge in [-0.1, -0.05) is 18.2 Å². The number of anilines is 1. The molecule has 6 heteroatoms. The number of benzene rings is 2. The maximum Gasteiger partial charge on any atom is 0.162 e. The molecule has 28 heavy (non-hydrogen) atoms. The number of hydrogen-bond acceptors (Lipinski definition) is 5. The molecule has 0 amide bonds. The Bertz CT molecular complexity index is 1200. The summed E-state index contributed by atoms with van der Waals surface area (Å²) in [5.41, 5.74) is 4.94. The van der Waals surface area contributed by atoms with Crippen LogP contribution in [0, 0.1) is 0 Å². The van der Waals surface area contributed by atoms with Gasteiger partial charge in [0.2, 0.25) is 0 Å². The standard InChI is InChI=1S/C22H22N4O2/c1-25-18-7-5-4-6-14(18)16-12-26(9-8-19(16)25)22-15-10-20(27-2)21(28-3)11-17(15)23-13-24-22/h4-7,10-11,13H,8-9,12H2,1-3H3. The van der Waals surface area contributed by atoms with E-state index in [4.69, 9.17) is 9.47 Å². The lowest BCUT2D eigenvalue weighted by Crippen LogP contribution is -2.31. The molecule has 2 aromatic carbocycles. The minimum absolute atomic E-state index is 0.676. The van der Waals surface area contributed by atoms with Gasteiger partial charge in [-0.25, -0.2) is 9.97 Å². The van der Waals surface area contributed by atoms with E-state index in [1.807, 2.05) is 12.1 Å². The van der Waals surface area contributed by atoms with Gasteiger partial charge in [0, 0.05) is 60.2 Å². The highest BCUT2D eigenvalue weighted by Crippen LogP contribution is 2.37. The lowest BCUT2D eigenvalue weighted by atomic mass is 10.0. The number of fused-ring (bicyclic) bond motifs is 4. The Kier molecular flexibility index (Phi) is 3.86. The summed E-state index contributed by atoms with van der Waals surface area (Å²) >= 11 is 0. The van der Waals surface area contributed by atoms with Gasteiger partial charge in [0.1, 0.15) is 12.1 Å². The minimum Gasteiger partial charge on any atom is -0.493 e. The Morgan fingerprint density at radius 2 is 1.75 bits per heavy atom. The second-order valence-electron chi connectivity index (χ2n) is 7.09. The van der Waals surface area contributed by atoms with Gasteiger partial charge < -0.3 is 18.9 Å². The molecule has 0 radical (unpaired) electrons. The van der Waals surface area contributed by atoms with Crippen LogP contribution < -0.4 is 14.4 Å². The number of para-hydroxylation sites is 1. The third kappa shape index (κ3) is 2.41. The average molecular weight is 374 g/mol. The molecule has 0 bridgehead atoms. The van der Waals surface area contributed by atoms with E-state index in [2.05, 4.69) is 50.7 Å². The van der Waals surface area contributed by atoms with Crippen LogP contribution in [0.2, 0.25) is 0 Å². The smallest absolute Gasteiger partial charge is 0.162 e. The quantitative estimate of drug-likeness (QED) is 0.547. The Morgan fingerprint density at radius 3 is 2.57 bits per heavy atom. The lowest BCUT2D eigenvalue weighted by molar-refractivity contribution is 0.356. The molecule has 4 aromatic rings. The summed E-state index contributed by atoms with van der Waals surface area (Å²) in [6.07, 6.45) is 2.61. The molecular formula is C22H22N4O2. The van der Waals surface area contributed by atoms with Crippen LogP contribution in [0.15, 0.2) is 42.7 Å². The summed E-state index contributed by atoms with van der Waals surface area (Å²) in [6, 6.07) is 12.5. The van der Waals surface area contributed by atoms with Crippen LogP contribution in [-0.2, 0) is 20.0 Å². The Balaban J connectivity index is 1.63. The summed E-state index contributed by atoms with van der Waals surface area (Å²) in [5, 5.41) is 2.30. The van der Waals surface area contributed by atoms with Gasteiger partial charge >= 0.3 is 0 Å². The van der Waals surface area contributed by atoms with Crippen molar-refractivity contribution in [3.63, 3.8) is 0 Å². The molecule has 5 rings (SSSR count). The Hall–Kier alpha value is -3.28. The van der Waals surface area contributed by atoms with Gasteiger partial charge in [0.15, 0.2) is 11.5 Å². The zero-order valence-corrected chi connectivity index (χ0v) is 16.3. The maximum atomic E-state index is 5.50. The third-order valence-corrected chi connectivity index (χ3v) is 5.73. The number of nitrogens with zero attached hydrogens (tertiary/aromatic N) is 4. The van der Waals surface area contributed by atoms with Crippen LogP contribution in [0.1, 0.15) is 11.3 Å². The number of hydrogen-bond donors (Lipinski definition) is 0. The van der Waals surface area contributed by atoms with Crippen molar-refractivity contribution in [1.82, 2.24) is 14.5 Å². The fraction of sp³-hybridized carbons (Fsp3) is 0.273. The highest BCUT2D eigenvalue weighted by molar-refractivity contribution is 5.93. The summed E-state index contributed by atoms with van der Waals surface area (Å²) in [5.74, 6) is 2.30. The molecule has 0 saturated heterocycles. The number of ether oxygens (including phenoxy) is 2. The van der Waals surface area contributed by atoms with Gasteiger partial charge in [0.05, 0.1) is 19.7 Å². The van der Waals surface area contributed by atoms with Gasteiger partial charge in [-0.05, 0) is 12.1 Å². The molecular weight excluding hydrogens is 352 g/mol. The lowest BCUT2D eigenvalue weighted by Gasteiger charge is -2.29. The van der Waals surface area contributed by atoms with Gasteiger partial charge in [0.25, 0.3) is 0 Å². The monoisotopic (exact) mass is 374 g/mol. The SMILES string of the molecule is COc1cc2ncnc(N3CCc4c(c5ccccc5n4C)C3)c2cc1OC. The molecule has 0 saturated carbocycles. The second kappa shape index (κ2) is 6.41. The molecule has 0 unspecified atom stereocenters. The van der Waals surface area contributed by atoms with Crippen LogP contribution in [-0.4, -0.2) is 35.3 Å². The molecule has 0 spiro atoms. The summed E-state index contributed by atoms with van der Waals surface area (Å²) in [6.45, 7) is 1.74. The zero-order valence-electron chi connectivity index (χ0n) is 16.3. The van der Waals surface area contributed by atoms with Crippen molar-refractivity contribution in [3.8, 4) is 11.5 Å². The zero-order chi connectivity index (χ0) is 19.3. The van der Waals surface area contributed by atoms with Crippen molar-refractivity contribution in [2.24, 2.45) is 7.05 Å². The van der Waals surface area contributed by atoms with Crippen LogP contribution in [0.4, 0.5) is 5.82 Å². The predicted molar refractivity (Wildman–Crippen MR) is 110 cm³/mol. The van der Waals surface area contributed by atoms with E-state index in [0.29, 0.717) is 11.5 Å². The van der Waals surface area contributed by atoms with E-state index in [0.717, 1.165) is 36.2 Å². The number of aryl methyl sites for hydroxylation is 1. The van der Waals surface area contributed by atoms with E-state index < -0.39 is 0 Å². The second-order valence-corrected chi connectivity index (χ2v) is 7.09. The molecule has 0 aliphatic carbocycles. The van der Waals surface area contributed by atoms with Crippen LogP contribution in [0.3, 0.4) is 0 Å². The van der Waals surface area contributed by atoms with Crippen LogP contribution in [0.5, 0.6) is 11.5 Å². The van der Waals surface area contributed by atoms with Crippen molar-refractivity contribution < 1.29 is 9.47 Å². The van der Waals surface area contributed by atoms with Crippen molar-refractivity contribution in [2.75, 3.05) is 25.7 Å². The maximum absolute atomic E-state index is 5.50. The van der Waals surface area contributed by atoms with Gasteiger partial charge in [-0.3, -0.25) is 0 Å². The van der Waals surface area contributed by atoms with Crippen molar-refractivity contribution in [3.05, 3.63) is 54.0 Å². The molecule has 1 aliphatic rings. The highest BCUT2D eigenvalue weighted by atomic mass is 16.5. The first-order valence-electron chi connectivity index (χ1n) is 9.38. The molecule has 3 heterocycles. The van der Waals surface area contributed by atoms with E-state index in [-0.39, 0.29) is 0 Å². The van der Waals surface area contributed by atoms with Crippen molar-refractivity contribution in [2.45, 2.75) is 13.0 Å². The first-order valence-corrected chi connectivity index (χ1v) is 9.38. The molecule has 142 valence electrons. The van der Waals surface area contributed by atoms with Crippen LogP contribution in [0.25, 0.3) is 21.8 Å². The van der Waals surface area contributed by atoms with E-state index >= 15 is 0 Å². The molecule has 6 nitrogen and oxygen atoms in total. The first kappa shape index (κ1) is 16.9. The number of aromatic nitrogens is 3. The molecule has 0 fully saturated rings. The summed E-state index contributed by atoms with van der Waals surface area (Å²) < 4.78 is 13.3. The fourth-order valence-electron chi connectivity index (χ4n) is 4.33. The normalized spacial score (nSPS) is 13.8. The summed E-state index contributed by atoms with van der Waals surface area (Å²) in [7, 11) is 5.45. The molecule has 0 atom stereocenters. The first-order chi connectivity index (χ1) is 13.7. The van der Waals surface area contributed by atoms with Crippen LogP contribution >= 0.6 is 0 Å². The number of rotatable bonds is 3. The van der Waals surface area contributed by atoms with Crippen molar-refractivity contribution >= 4 is 27.6 Å². The average Bonchev–Trinajstić information content (AvgIpc) is 3.04. The molecule has 1 aliphatic heterocycles. The number of methoxy groups -OCH3 is 2. The molecule has 2 aromatic heterocycles.